The van der Waals surface area contributed by atoms with Gasteiger partial charge in [0.05, 0.1) is 46.2 Å². The lowest BCUT2D eigenvalue weighted by Gasteiger charge is -2.25. The van der Waals surface area contributed by atoms with E-state index < -0.39 is 11.7 Å². The summed E-state index contributed by atoms with van der Waals surface area (Å²) in [5.74, 6) is 2.30. The number of aryl methyl sites for hydroxylation is 1. The minimum absolute atomic E-state index is 0.0617. The minimum Gasteiger partial charge on any atom is -0.444 e. The number of benzene rings is 2. The fourth-order valence-electron chi connectivity index (χ4n) is 3.93. The maximum absolute atomic E-state index is 13.3. The summed E-state index contributed by atoms with van der Waals surface area (Å²) in [5, 5.41) is 5.40. The average molecular weight is 596 g/mol. The van der Waals surface area contributed by atoms with Gasteiger partial charge in [0.2, 0.25) is 11.8 Å². The third kappa shape index (κ3) is 14.7. The Morgan fingerprint density at radius 3 is 2.02 bits per heavy atom. The summed E-state index contributed by atoms with van der Waals surface area (Å²) in [6.07, 6.45) is 5.32. The third-order valence-electron chi connectivity index (χ3n) is 6.00. The predicted octanol–water partition coefficient (Wildman–Crippen LogP) is 3.98. The number of ether oxygens (including phenoxy) is 4. The molecule has 0 fully saturated rings. The van der Waals surface area contributed by atoms with Crippen molar-refractivity contribution < 1.29 is 33.3 Å². The number of anilines is 1. The van der Waals surface area contributed by atoms with E-state index in [9.17, 15) is 14.4 Å². The van der Waals surface area contributed by atoms with E-state index in [1.165, 1.54) is 0 Å². The molecule has 0 heterocycles. The van der Waals surface area contributed by atoms with E-state index in [-0.39, 0.29) is 24.7 Å². The van der Waals surface area contributed by atoms with Crippen molar-refractivity contribution in [3.8, 4) is 12.3 Å². The van der Waals surface area contributed by atoms with Gasteiger partial charge in [-0.3, -0.25) is 9.59 Å². The molecule has 0 aliphatic heterocycles. The van der Waals surface area contributed by atoms with Crippen LogP contribution in [0.2, 0.25) is 0 Å². The Morgan fingerprint density at radius 1 is 0.814 bits per heavy atom. The summed E-state index contributed by atoms with van der Waals surface area (Å²) in [7, 11) is 0. The van der Waals surface area contributed by atoms with Crippen LogP contribution in [0.3, 0.4) is 0 Å². The van der Waals surface area contributed by atoms with Gasteiger partial charge in [-0.15, -0.1) is 6.42 Å². The van der Waals surface area contributed by atoms with Gasteiger partial charge >= 0.3 is 6.09 Å². The summed E-state index contributed by atoms with van der Waals surface area (Å²) in [4.78, 5) is 38.9. The molecule has 0 aliphatic rings. The SMILES string of the molecule is C#Cc1ccccc1CN(C(=O)CCC(=O)NCCOCCOCCOCCNC(=O)OC(C)(C)C)c1ccccc1C. The normalized spacial score (nSPS) is 11.0. The first-order valence-corrected chi connectivity index (χ1v) is 14.5. The van der Waals surface area contributed by atoms with Crippen LogP contribution >= 0.6 is 0 Å². The fourth-order valence-corrected chi connectivity index (χ4v) is 3.93. The van der Waals surface area contributed by atoms with Gasteiger partial charge in [-0.2, -0.15) is 0 Å². The molecule has 0 unspecified atom stereocenters. The van der Waals surface area contributed by atoms with Gasteiger partial charge in [0.1, 0.15) is 5.60 Å². The van der Waals surface area contributed by atoms with E-state index in [0.717, 1.165) is 22.4 Å². The van der Waals surface area contributed by atoms with E-state index in [1.54, 1.807) is 25.7 Å². The van der Waals surface area contributed by atoms with E-state index in [0.29, 0.717) is 59.3 Å². The van der Waals surface area contributed by atoms with Gasteiger partial charge in [-0.1, -0.05) is 42.3 Å². The molecule has 2 N–H and O–H groups in total. The minimum atomic E-state index is -0.533. The molecule has 0 saturated heterocycles. The van der Waals surface area contributed by atoms with Crippen molar-refractivity contribution in [3.63, 3.8) is 0 Å². The Labute approximate surface area is 255 Å². The van der Waals surface area contributed by atoms with Crippen LogP contribution in [0.1, 0.15) is 50.3 Å². The highest BCUT2D eigenvalue weighted by molar-refractivity contribution is 5.96. The highest BCUT2D eigenvalue weighted by Crippen LogP contribution is 2.24. The number of amides is 3. The Bertz CT molecular complexity index is 1200. The number of alkyl carbamates (subject to hydrolysis) is 1. The standard InChI is InChI=1S/C33H45N3O7/c1-6-27-12-8-9-13-28(27)25-36(29-14-10-7-11-26(29)2)31(38)16-15-30(37)34-17-19-40-21-23-42-24-22-41-20-18-35-32(39)43-33(3,4)5/h1,7-14H,15-25H2,2-5H3,(H,34,37)(H,35,39). The van der Waals surface area contributed by atoms with Crippen LogP contribution in [-0.2, 0) is 35.1 Å². The highest BCUT2D eigenvalue weighted by atomic mass is 16.6. The summed E-state index contributed by atoms with van der Waals surface area (Å²) in [6, 6.07) is 15.2. The van der Waals surface area contributed by atoms with E-state index >= 15 is 0 Å². The number of hydrogen-bond acceptors (Lipinski definition) is 7. The molecule has 10 nitrogen and oxygen atoms in total. The third-order valence-corrected chi connectivity index (χ3v) is 6.00. The van der Waals surface area contributed by atoms with E-state index in [4.69, 9.17) is 25.4 Å². The van der Waals surface area contributed by atoms with Crippen molar-refractivity contribution in [2.24, 2.45) is 0 Å². The van der Waals surface area contributed by atoms with Crippen molar-refractivity contribution in [1.29, 1.82) is 0 Å². The van der Waals surface area contributed by atoms with Gasteiger partial charge in [0.15, 0.2) is 0 Å². The molecule has 234 valence electrons. The van der Waals surface area contributed by atoms with Crippen LogP contribution in [0, 0.1) is 19.3 Å². The van der Waals surface area contributed by atoms with Crippen molar-refractivity contribution in [3.05, 3.63) is 65.2 Å². The maximum atomic E-state index is 13.3. The average Bonchev–Trinajstić information content (AvgIpc) is 2.96. The summed E-state index contributed by atoms with van der Waals surface area (Å²) in [5.41, 5.74) is 2.81. The molecule has 0 bridgehead atoms. The number of para-hydroxylation sites is 1. The van der Waals surface area contributed by atoms with Crippen LogP contribution < -0.4 is 15.5 Å². The molecule has 2 aromatic carbocycles. The molecule has 43 heavy (non-hydrogen) atoms. The molecule has 0 spiro atoms. The summed E-state index contributed by atoms with van der Waals surface area (Å²) >= 11 is 0. The smallest absolute Gasteiger partial charge is 0.407 e. The monoisotopic (exact) mass is 595 g/mol. The molecule has 2 rings (SSSR count). The van der Waals surface area contributed by atoms with Crippen LogP contribution in [0.5, 0.6) is 0 Å². The number of terminal acetylenes is 1. The van der Waals surface area contributed by atoms with Gasteiger partial charge < -0.3 is 34.5 Å². The zero-order chi connectivity index (χ0) is 31.5. The number of nitrogens with one attached hydrogen (secondary N) is 2. The first-order chi connectivity index (χ1) is 20.6. The first-order valence-electron chi connectivity index (χ1n) is 14.5. The van der Waals surface area contributed by atoms with Gasteiger partial charge in [0, 0.05) is 37.2 Å². The first kappa shape index (κ1) is 35.3. The lowest BCUT2D eigenvalue weighted by atomic mass is 10.1. The topological polar surface area (TPSA) is 115 Å². The van der Waals surface area contributed by atoms with Gasteiger partial charge in [-0.05, 0) is 51.0 Å². The van der Waals surface area contributed by atoms with Crippen molar-refractivity contribution in [2.45, 2.75) is 52.7 Å². The predicted molar refractivity (Wildman–Crippen MR) is 166 cm³/mol. The van der Waals surface area contributed by atoms with Crippen LogP contribution in [-0.4, -0.2) is 76.2 Å². The number of carbonyl (C=O) groups is 3. The zero-order valence-electron chi connectivity index (χ0n) is 25.8. The Morgan fingerprint density at radius 2 is 1.40 bits per heavy atom. The van der Waals surface area contributed by atoms with Crippen molar-refractivity contribution in [2.75, 3.05) is 57.6 Å². The number of rotatable bonds is 18. The molecule has 10 heteroatoms. The highest BCUT2D eigenvalue weighted by Gasteiger charge is 2.20. The van der Waals surface area contributed by atoms with Crippen LogP contribution in [0.15, 0.2) is 48.5 Å². The molecule has 2 aromatic rings. The summed E-state index contributed by atoms with van der Waals surface area (Å²) < 4.78 is 21.5. The molecule has 3 amide bonds. The molecular formula is C33H45N3O7. The van der Waals surface area contributed by atoms with E-state index in [2.05, 4.69) is 16.6 Å². The molecule has 0 saturated carbocycles. The van der Waals surface area contributed by atoms with Gasteiger partial charge in [-0.25, -0.2) is 4.79 Å². The zero-order valence-corrected chi connectivity index (χ0v) is 25.8. The molecular weight excluding hydrogens is 550 g/mol. The van der Waals surface area contributed by atoms with Crippen molar-refractivity contribution >= 4 is 23.6 Å². The number of carbonyl (C=O) groups excluding carboxylic acids is 3. The lowest BCUT2D eigenvalue weighted by molar-refractivity contribution is -0.125. The fraction of sp³-hybridized carbons (Fsp3) is 0.485. The molecule has 0 radical (unpaired) electrons. The number of nitrogens with zero attached hydrogens (tertiary/aromatic N) is 1. The van der Waals surface area contributed by atoms with Gasteiger partial charge in [0.25, 0.3) is 0 Å². The second-order valence-electron chi connectivity index (χ2n) is 10.7. The molecule has 0 aromatic heterocycles. The number of hydrogen-bond donors (Lipinski definition) is 2. The van der Waals surface area contributed by atoms with Crippen molar-refractivity contribution in [1.82, 2.24) is 10.6 Å². The largest absolute Gasteiger partial charge is 0.444 e. The van der Waals surface area contributed by atoms with Crippen LogP contribution in [0.25, 0.3) is 0 Å². The Kier molecular flexibility index (Phi) is 15.8. The molecule has 0 aliphatic carbocycles. The Hall–Kier alpha value is -3.91. The second-order valence-corrected chi connectivity index (χ2v) is 10.7. The Balaban J connectivity index is 1.59. The summed E-state index contributed by atoms with van der Waals surface area (Å²) in [6.45, 7) is 10.6. The quantitative estimate of drug-likeness (QED) is 0.198. The van der Waals surface area contributed by atoms with Crippen LogP contribution in [0.4, 0.5) is 10.5 Å². The second kappa shape index (κ2) is 19.3. The lowest BCUT2D eigenvalue weighted by Crippen LogP contribution is -2.34. The maximum Gasteiger partial charge on any atom is 0.407 e. The van der Waals surface area contributed by atoms with E-state index in [1.807, 2.05) is 55.5 Å². The molecule has 0 atom stereocenters.